The first-order valence-electron chi connectivity index (χ1n) is 9.45. The van der Waals surface area contributed by atoms with E-state index in [1.54, 1.807) is 23.9 Å². The van der Waals surface area contributed by atoms with Crippen molar-refractivity contribution < 1.29 is 9.72 Å². The Balaban J connectivity index is 1.58. The third kappa shape index (κ3) is 5.00. The van der Waals surface area contributed by atoms with Crippen LogP contribution in [0.2, 0.25) is 0 Å². The molecule has 0 aromatic heterocycles. The second-order valence-corrected chi connectivity index (χ2v) is 8.61. The van der Waals surface area contributed by atoms with Gasteiger partial charge in [0, 0.05) is 36.5 Å². The van der Waals surface area contributed by atoms with Gasteiger partial charge in [-0.2, -0.15) is 0 Å². The lowest BCUT2D eigenvalue weighted by Gasteiger charge is -2.24. The van der Waals surface area contributed by atoms with Gasteiger partial charge in [0.15, 0.2) is 5.17 Å². The summed E-state index contributed by atoms with van der Waals surface area (Å²) in [6.45, 7) is 2.13. The second-order valence-electron chi connectivity index (χ2n) is 7.26. The minimum Gasteiger partial charge on any atom is -0.350 e. The second kappa shape index (κ2) is 8.73. The van der Waals surface area contributed by atoms with Crippen molar-refractivity contribution in [3.8, 4) is 0 Å². The summed E-state index contributed by atoms with van der Waals surface area (Å²) < 4.78 is 0. The molecule has 7 nitrogen and oxygen atoms in total. The Labute approximate surface area is 163 Å². The van der Waals surface area contributed by atoms with Gasteiger partial charge < -0.3 is 10.2 Å². The van der Waals surface area contributed by atoms with Gasteiger partial charge in [0.1, 0.15) is 0 Å². The van der Waals surface area contributed by atoms with Crippen molar-refractivity contribution in [1.29, 1.82) is 0 Å². The summed E-state index contributed by atoms with van der Waals surface area (Å²) in [5.41, 5.74) is 0.583. The molecule has 2 aliphatic rings. The molecular weight excluding hydrogens is 364 g/mol. The number of nitrogens with one attached hydrogen (secondary N) is 1. The summed E-state index contributed by atoms with van der Waals surface area (Å²) in [5.74, 6) is -0.0907. The number of carbonyl (C=O) groups excluding carboxylic acids is 1. The van der Waals surface area contributed by atoms with Crippen LogP contribution in [0.15, 0.2) is 29.3 Å². The summed E-state index contributed by atoms with van der Waals surface area (Å²) >= 11 is 1.75. The normalized spacial score (nSPS) is 25.0. The number of thioether (sulfide) groups is 1. The van der Waals surface area contributed by atoms with Crippen LogP contribution in [0.1, 0.15) is 45.4 Å². The molecule has 1 aliphatic heterocycles. The van der Waals surface area contributed by atoms with Gasteiger partial charge in [-0.15, -0.1) is 0 Å². The van der Waals surface area contributed by atoms with Gasteiger partial charge in [-0.25, -0.2) is 0 Å². The Morgan fingerprint density at radius 2 is 1.96 bits per heavy atom. The highest BCUT2D eigenvalue weighted by Gasteiger charge is 2.36. The van der Waals surface area contributed by atoms with Crippen molar-refractivity contribution in [2.75, 3.05) is 12.4 Å². The minimum atomic E-state index is -0.453. The fourth-order valence-electron chi connectivity index (χ4n) is 3.64. The zero-order valence-corrected chi connectivity index (χ0v) is 16.6. The molecule has 0 radical (unpaired) electrons. The summed E-state index contributed by atoms with van der Waals surface area (Å²) in [4.78, 5) is 29.8. The van der Waals surface area contributed by atoms with Gasteiger partial charge in [-0.1, -0.05) is 37.9 Å². The molecule has 1 heterocycles. The zero-order valence-electron chi connectivity index (χ0n) is 15.8. The first-order chi connectivity index (χ1) is 12.9. The number of nitrogens with zero attached hydrogens (tertiary/aromatic N) is 3. The average molecular weight is 391 g/mol. The van der Waals surface area contributed by atoms with Crippen LogP contribution in [0.4, 0.5) is 11.4 Å². The van der Waals surface area contributed by atoms with Crippen LogP contribution in [0.5, 0.6) is 0 Å². The molecule has 27 heavy (non-hydrogen) atoms. The quantitative estimate of drug-likeness (QED) is 0.605. The highest BCUT2D eigenvalue weighted by Crippen LogP contribution is 2.34. The molecule has 3 rings (SSSR count). The Bertz CT molecular complexity index is 716. The third-order valence-corrected chi connectivity index (χ3v) is 6.55. The summed E-state index contributed by atoms with van der Waals surface area (Å²) in [7, 11) is 2.02. The molecule has 1 saturated carbocycles. The molecule has 146 valence electrons. The van der Waals surface area contributed by atoms with Crippen LogP contribution < -0.4 is 5.32 Å². The van der Waals surface area contributed by atoms with Gasteiger partial charge in [-0.05, 0) is 25.0 Å². The first kappa shape index (κ1) is 19.7. The van der Waals surface area contributed by atoms with Gasteiger partial charge in [-0.3, -0.25) is 19.9 Å². The number of benzene rings is 1. The molecule has 1 N–H and O–H groups in total. The number of non-ortho nitro benzene ring substituents is 1. The van der Waals surface area contributed by atoms with Gasteiger partial charge in [0.05, 0.1) is 17.0 Å². The maximum atomic E-state index is 12.5. The van der Waals surface area contributed by atoms with Crippen LogP contribution in [0.3, 0.4) is 0 Å². The highest BCUT2D eigenvalue weighted by molar-refractivity contribution is 8.14. The van der Waals surface area contributed by atoms with Crippen LogP contribution in [0.25, 0.3) is 0 Å². The SMILES string of the molecule is CC1SC(=NC2CCCCC2)N(C)C1CC(=O)Nc1ccc([N+](=O)[O-])cc1. The van der Waals surface area contributed by atoms with E-state index < -0.39 is 4.92 Å². The van der Waals surface area contributed by atoms with Crippen molar-refractivity contribution >= 4 is 34.2 Å². The average Bonchev–Trinajstić information content (AvgIpc) is 2.90. The van der Waals surface area contributed by atoms with Crippen LogP contribution in [-0.4, -0.2) is 45.3 Å². The monoisotopic (exact) mass is 390 g/mol. The van der Waals surface area contributed by atoms with Crippen molar-refractivity contribution in [2.24, 2.45) is 4.99 Å². The van der Waals surface area contributed by atoms with E-state index in [4.69, 9.17) is 4.99 Å². The van der Waals surface area contributed by atoms with E-state index in [0.717, 1.165) is 18.0 Å². The maximum Gasteiger partial charge on any atom is 0.269 e. The van der Waals surface area contributed by atoms with Crippen molar-refractivity contribution in [3.63, 3.8) is 0 Å². The fraction of sp³-hybridized carbons (Fsp3) is 0.579. The molecule has 1 saturated heterocycles. The van der Waals surface area contributed by atoms with Gasteiger partial charge in [0.25, 0.3) is 5.69 Å². The Hall–Kier alpha value is -2.09. The summed E-state index contributed by atoms with van der Waals surface area (Å²) in [5, 5.41) is 14.9. The number of amidine groups is 1. The van der Waals surface area contributed by atoms with Crippen molar-refractivity contribution in [3.05, 3.63) is 34.4 Å². The van der Waals surface area contributed by atoms with E-state index in [9.17, 15) is 14.9 Å². The molecule has 1 amide bonds. The number of amides is 1. The molecule has 1 aromatic rings. The van der Waals surface area contributed by atoms with E-state index in [0.29, 0.717) is 23.4 Å². The maximum absolute atomic E-state index is 12.5. The number of aliphatic imine (C=N–C) groups is 1. The van der Waals surface area contributed by atoms with Crippen molar-refractivity contribution in [2.45, 2.75) is 62.8 Å². The number of hydrogen-bond donors (Lipinski definition) is 1. The Morgan fingerprint density at radius 1 is 1.30 bits per heavy atom. The number of rotatable bonds is 5. The number of hydrogen-bond acceptors (Lipinski definition) is 5. The molecule has 2 unspecified atom stereocenters. The number of nitro groups is 1. The Kier molecular flexibility index (Phi) is 6.36. The molecule has 2 atom stereocenters. The molecule has 2 fully saturated rings. The van der Waals surface area contributed by atoms with E-state index in [2.05, 4.69) is 17.1 Å². The van der Waals surface area contributed by atoms with E-state index in [1.165, 1.54) is 31.4 Å². The van der Waals surface area contributed by atoms with E-state index in [1.807, 2.05) is 7.05 Å². The summed E-state index contributed by atoms with van der Waals surface area (Å²) in [6, 6.07) is 6.42. The Morgan fingerprint density at radius 3 is 2.59 bits per heavy atom. The standard InChI is InChI=1S/C19H26N4O3S/c1-13-17(22(2)19(27-13)21-14-6-4-3-5-7-14)12-18(24)20-15-8-10-16(11-9-15)23(25)26/h8-11,13-14,17H,3-7,12H2,1-2H3,(H,20,24). The van der Waals surface area contributed by atoms with E-state index in [-0.39, 0.29) is 17.6 Å². The third-order valence-electron chi connectivity index (χ3n) is 5.26. The lowest BCUT2D eigenvalue weighted by molar-refractivity contribution is -0.384. The molecule has 0 spiro atoms. The number of carbonyl (C=O) groups is 1. The van der Waals surface area contributed by atoms with Gasteiger partial charge >= 0.3 is 0 Å². The molecule has 8 heteroatoms. The fourth-order valence-corrected chi connectivity index (χ4v) is 4.92. The highest BCUT2D eigenvalue weighted by atomic mass is 32.2. The summed E-state index contributed by atoms with van der Waals surface area (Å²) in [6.07, 6.45) is 6.52. The minimum absolute atomic E-state index is 0.0112. The van der Waals surface area contributed by atoms with Crippen LogP contribution in [0, 0.1) is 10.1 Å². The largest absolute Gasteiger partial charge is 0.350 e. The topological polar surface area (TPSA) is 87.8 Å². The van der Waals surface area contributed by atoms with Crippen LogP contribution >= 0.6 is 11.8 Å². The van der Waals surface area contributed by atoms with Gasteiger partial charge in [0.2, 0.25) is 5.91 Å². The smallest absolute Gasteiger partial charge is 0.269 e. The number of anilines is 1. The zero-order chi connectivity index (χ0) is 19.4. The molecular formula is C19H26N4O3S. The molecule has 0 bridgehead atoms. The first-order valence-corrected chi connectivity index (χ1v) is 10.3. The molecule has 1 aromatic carbocycles. The number of nitro benzene ring substituents is 1. The van der Waals surface area contributed by atoms with E-state index >= 15 is 0 Å². The predicted octanol–water partition coefficient (Wildman–Crippen LogP) is 4.05. The molecule has 1 aliphatic carbocycles. The van der Waals surface area contributed by atoms with Crippen molar-refractivity contribution in [1.82, 2.24) is 4.90 Å². The predicted molar refractivity (Wildman–Crippen MR) is 109 cm³/mol. The lowest BCUT2D eigenvalue weighted by atomic mass is 9.96. The van der Waals surface area contributed by atoms with Crippen LogP contribution in [-0.2, 0) is 4.79 Å². The lowest BCUT2D eigenvalue weighted by Crippen LogP contribution is -2.36.